The van der Waals surface area contributed by atoms with E-state index in [0.717, 1.165) is 12.8 Å². The maximum absolute atomic E-state index is 10.3. The van der Waals surface area contributed by atoms with E-state index in [4.69, 9.17) is 4.74 Å². The summed E-state index contributed by atoms with van der Waals surface area (Å²) in [5.74, 6) is 0. The van der Waals surface area contributed by atoms with Gasteiger partial charge in [-0.05, 0) is 20.8 Å². The Morgan fingerprint density at radius 1 is 1.57 bits per heavy atom. The lowest BCUT2D eigenvalue weighted by Crippen LogP contribution is -2.21. The Labute approximate surface area is 83.9 Å². The molecule has 0 aliphatic carbocycles. The molecule has 4 heteroatoms. The highest BCUT2D eigenvalue weighted by molar-refractivity contribution is 5.70. The van der Waals surface area contributed by atoms with Gasteiger partial charge in [0.05, 0.1) is 18.5 Å². The first kappa shape index (κ1) is 10.9. The quantitative estimate of drug-likeness (QED) is 0.686. The number of carbonyl (C=O) groups is 1. The van der Waals surface area contributed by atoms with Crippen molar-refractivity contribution in [2.45, 2.75) is 32.9 Å². The van der Waals surface area contributed by atoms with Crippen LogP contribution in [0.15, 0.2) is 12.5 Å². The molecule has 0 amide bonds. The molecule has 1 aromatic heterocycles. The van der Waals surface area contributed by atoms with Gasteiger partial charge in [0, 0.05) is 12.7 Å². The van der Waals surface area contributed by atoms with E-state index in [-0.39, 0.29) is 5.60 Å². The predicted molar refractivity (Wildman–Crippen MR) is 53.3 cm³/mol. The third-order valence-corrected chi connectivity index (χ3v) is 1.66. The Morgan fingerprint density at radius 3 is 2.79 bits per heavy atom. The van der Waals surface area contributed by atoms with Crippen molar-refractivity contribution >= 4 is 6.29 Å². The Hall–Kier alpha value is -1.16. The van der Waals surface area contributed by atoms with Gasteiger partial charge in [-0.15, -0.1) is 0 Å². The summed E-state index contributed by atoms with van der Waals surface area (Å²) in [6, 6.07) is 0. The predicted octanol–water partition coefficient (Wildman–Crippen LogP) is 1.51. The minimum absolute atomic E-state index is 0.117. The van der Waals surface area contributed by atoms with Gasteiger partial charge in [-0.25, -0.2) is 4.98 Å². The second-order valence-corrected chi connectivity index (χ2v) is 4.12. The van der Waals surface area contributed by atoms with Gasteiger partial charge < -0.3 is 9.30 Å². The summed E-state index contributed by atoms with van der Waals surface area (Å²) >= 11 is 0. The second-order valence-electron chi connectivity index (χ2n) is 4.12. The maximum atomic E-state index is 10.3. The molecule has 0 aromatic carbocycles. The van der Waals surface area contributed by atoms with Crippen LogP contribution in [0.5, 0.6) is 0 Å². The van der Waals surface area contributed by atoms with Gasteiger partial charge in [0.2, 0.25) is 0 Å². The van der Waals surface area contributed by atoms with E-state index in [1.165, 1.54) is 0 Å². The smallest absolute Gasteiger partial charge is 0.169 e. The highest BCUT2D eigenvalue weighted by Crippen LogP contribution is 2.06. The zero-order valence-corrected chi connectivity index (χ0v) is 8.86. The Morgan fingerprint density at radius 2 is 2.29 bits per heavy atom. The van der Waals surface area contributed by atoms with E-state index < -0.39 is 0 Å². The molecule has 0 radical (unpaired) electrons. The van der Waals surface area contributed by atoms with E-state index in [0.29, 0.717) is 12.3 Å². The zero-order valence-electron chi connectivity index (χ0n) is 8.86. The number of hydrogen-bond donors (Lipinski definition) is 0. The van der Waals surface area contributed by atoms with Crippen LogP contribution in [0.3, 0.4) is 0 Å². The fourth-order valence-electron chi connectivity index (χ4n) is 1.02. The lowest BCUT2D eigenvalue weighted by molar-refractivity contribution is -0.00684. The molecule has 0 N–H and O–H groups in total. The van der Waals surface area contributed by atoms with Gasteiger partial charge in [-0.2, -0.15) is 0 Å². The van der Waals surface area contributed by atoms with Gasteiger partial charge in [-0.3, -0.25) is 4.79 Å². The normalized spacial score (nSPS) is 11.6. The Bertz CT molecular complexity index is 299. The molecule has 1 aromatic rings. The van der Waals surface area contributed by atoms with Crippen molar-refractivity contribution in [2.75, 3.05) is 6.61 Å². The SMILES string of the molecule is CC(C)(C)OCCn1cnc(C=O)c1. The number of ether oxygens (including phenoxy) is 1. The van der Waals surface area contributed by atoms with Crippen molar-refractivity contribution in [3.63, 3.8) is 0 Å². The first-order valence-corrected chi connectivity index (χ1v) is 4.62. The molecular formula is C10H16N2O2. The van der Waals surface area contributed by atoms with Gasteiger partial charge in [0.25, 0.3) is 0 Å². The number of nitrogens with zero attached hydrogens (tertiary/aromatic N) is 2. The number of hydrogen-bond acceptors (Lipinski definition) is 3. The molecule has 0 aliphatic heterocycles. The van der Waals surface area contributed by atoms with Gasteiger partial charge in [0.15, 0.2) is 6.29 Å². The fraction of sp³-hybridized carbons (Fsp3) is 0.600. The topological polar surface area (TPSA) is 44.1 Å². The Kier molecular flexibility index (Phi) is 3.41. The van der Waals surface area contributed by atoms with Crippen LogP contribution in [0.1, 0.15) is 31.3 Å². The molecule has 0 fully saturated rings. The minimum Gasteiger partial charge on any atom is -0.374 e. The van der Waals surface area contributed by atoms with Crippen LogP contribution in [0.4, 0.5) is 0 Å². The summed E-state index contributed by atoms with van der Waals surface area (Å²) in [4.78, 5) is 14.2. The van der Waals surface area contributed by atoms with Crippen molar-refractivity contribution in [3.05, 3.63) is 18.2 Å². The van der Waals surface area contributed by atoms with Crippen LogP contribution in [0, 0.1) is 0 Å². The molecule has 0 saturated heterocycles. The van der Waals surface area contributed by atoms with Crippen molar-refractivity contribution in [2.24, 2.45) is 0 Å². The lowest BCUT2D eigenvalue weighted by Gasteiger charge is -2.19. The number of rotatable bonds is 4. The maximum Gasteiger partial charge on any atom is 0.169 e. The van der Waals surface area contributed by atoms with E-state index in [1.807, 2.05) is 25.3 Å². The van der Waals surface area contributed by atoms with Crippen molar-refractivity contribution in [3.8, 4) is 0 Å². The molecular weight excluding hydrogens is 180 g/mol. The lowest BCUT2D eigenvalue weighted by atomic mass is 10.2. The average molecular weight is 196 g/mol. The highest BCUT2D eigenvalue weighted by Gasteiger charge is 2.09. The third kappa shape index (κ3) is 3.70. The number of aromatic nitrogens is 2. The molecule has 78 valence electrons. The van der Waals surface area contributed by atoms with Crippen LogP contribution in [-0.2, 0) is 11.3 Å². The molecule has 0 saturated carbocycles. The van der Waals surface area contributed by atoms with Crippen LogP contribution in [0.2, 0.25) is 0 Å². The van der Waals surface area contributed by atoms with Crippen molar-refractivity contribution in [1.82, 2.24) is 9.55 Å². The molecule has 1 rings (SSSR count). The van der Waals surface area contributed by atoms with E-state index in [9.17, 15) is 4.79 Å². The fourth-order valence-corrected chi connectivity index (χ4v) is 1.02. The van der Waals surface area contributed by atoms with Gasteiger partial charge in [-0.1, -0.05) is 0 Å². The number of carbonyl (C=O) groups excluding carboxylic acids is 1. The second kappa shape index (κ2) is 4.37. The van der Waals surface area contributed by atoms with Crippen LogP contribution in [0.25, 0.3) is 0 Å². The van der Waals surface area contributed by atoms with E-state index in [1.54, 1.807) is 12.5 Å². The largest absolute Gasteiger partial charge is 0.374 e. The number of aldehydes is 1. The summed E-state index contributed by atoms with van der Waals surface area (Å²) in [6.07, 6.45) is 4.08. The van der Waals surface area contributed by atoms with E-state index in [2.05, 4.69) is 4.98 Å². The van der Waals surface area contributed by atoms with E-state index >= 15 is 0 Å². The summed E-state index contributed by atoms with van der Waals surface area (Å²) in [6.45, 7) is 7.38. The average Bonchev–Trinajstić information content (AvgIpc) is 2.50. The highest BCUT2D eigenvalue weighted by atomic mass is 16.5. The summed E-state index contributed by atoms with van der Waals surface area (Å²) in [5.41, 5.74) is 0.342. The summed E-state index contributed by atoms with van der Waals surface area (Å²) in [5, 5.41) is 0. The standard InChI is InChI=1S/C10H16N2O2/c1-10(2,3)14-5-4-12-6-9(7-13)11-8-12/h6-8H,4-5H2,1-3H3. The monoisotopic (exact) mass is 196 g/mol. The molecule has 0 aliphatic rings. The molecule has 0 unspecified atom stereocenters. The molecule has 0 atom stereocenters. The van der Waals surface area contributed by atoms with Gasteiger partial charge >= 0.3 is 0 Å². The first-order valence-electron chi connectivity index (χ1n) is 4.62. The summed E-state index contributed by atoms with van der Waals surface area (Å²) < 4.78 is 7.38. The Balaban J connectivity index is 2.35. The van der Waals surface area contributed by atoms with Crippen molar-refractivity contribution in [1.29, 1.82) is 0 Å². The minimum atomic E-state index is -0.117. The summed E-state index contributed by atoms with van der Waals surface area (Å²) in [7, 11) is 0. The molecule has 1 heterocycles. The van der Waals surface area contributed by atoms with Crippen LogP contribution < -0.4 is 0 Å². The van der Waals surface area contributed by atoms with Crippen LogP contribution in [-0.4, -0.2) is 28.0 Å². The van der Waals surface area contributed by atoms with Crippen LogP contribution >= 0.6 is 0 Å². The van der Waals surface area contributed by atoms with Gasteiger partial charge in [0.1, 0.15) is 5.69 Å². The zero-order chi connectivity index (χ0) is 10.6. The molecule has 4 nitrogen and oxygen atoms in total. The molecule has 0 bridgehead atoms. The van der Waals surface area contributed by atoms with Crippen molar-refractivity contribution < 1.29 is 9.53 Å². The molecule has 0 spiro atoms. The molecule has 14 heavy (non-hydrogen) atoms. The first-order chi connectivity index (χ1) is 6.51. The third-order valence-electron chi connectivity index (χ3n) is 1.66. The number of imidazole rings is 1.